The summed E-state index contributed by atoms with van der Waals surface area (Å²) in [6.07, 6.45) is 7.45. The molecule has 32 heavy (non-hydrogen) atoms. The fourth-order valence-corrected chi connectivity index (χ4v) is 5.44. The van der Waals surface area contributed by atoms with Gasteiger partial charge in [0.15, 0.2) is 5.43 Å². The lowest BCUT2D eigenvalue weighted by Crippen LogP contribution is -2.41. The fourth-order valence-electron chi connectivity index (χ4n) is 5.44. The third kappa shape index (κ3) is 3.77. The van der Waals surface area contributed by atoms with Crippen molar-refractivity contribution >= 4 is 5.91 Å². The SMILES string of the molecule is Cc1ccccc1Cc1c(C(=O)N2C[C@H]3CC[C@@H]2C3)c(=O)cc(C)n1Cc1ccncc1. The first-order valence-corrected chi connectivity index (χ1v) is 11.5. The van der Waals surface area contributed by atoms with Gasteiger partial charge in [-0.3, -0.25) is 14.6 Å². The molecule has 0 unspecified atom stereocenters. The minimum absolute atomic E-state index is 0.0886. The van der Waals surface area contributed by atoms with Gasteiger partial charge in [-0.15, -0.1) is 0 Å². The van der Waals surface area contributed by atoms with E-state index in [-0.39, 0.29) is 17.4 Å². The first kappa shape index (κ1) is 20.7. The van der Waals surface area contributed by atoms with Gasteiger partial charge in [0.05, 0.1) is 0 Å². The minimum atomic E-state index is -0.162. The summed E-state index contributed by atoms with van der Waals surface area (Å²) in [4.78, 5) is 33.1. The summed E-state index contributed by atoms with van der Waals surface area (Å²) in [5.41, 5.74) is 5.26. The molecule has 5 heteroatoms. The Hall–Kier alpha value is -3.21. The van der Waals surface area contributed by atoms with Crippen LogP contribution in [0.2, 0.25) is 0 Å². The number of benzene rings is 1. The molecule has 0 spiro atoms. The van der Waals surface area contributed by atoms with Crippen LogP contribution in [0.15, 0.2) is 59.7 Å². The van der Waals surface area contributed by atoms with Gasteiger partial charge in [0, 0.05) is 55.4 Å². The number of rotatable bonds is 5. The van der Waals surface area contributed by atoms with Gasteiger partial charge < -0.3 is 9.47 Å². The van der Waals surface area contributed by atoms with E-state index in [0.717, 1.165) is 47.5 Å². The van der Waals surface area contributed by atoms with Gasteiger partial charge in [-0.1, -0.05) is 24.3 Å². The van der Waals surface area contributed by atoms with Crippen molar-refractivity contribution in [2.45, 2.75) is 52.1 Å². The van der Waals surface area contributed by atoms with Gasteiger partial charge >= 0.3 is 0 Å². The van der Waals surface area contributed by atoms with E-state index in [1.807, 2.05) is 36.1 Å². The number of pyridine rings is 2. The molecule has 3 heterocycles. The summed E-state index contributed by atoms with van der Waals surface area (Å²) >= 11 is 0. The molecule has 2 fully saturated rings. The standard InChI is InChI=1S/C27H29N3O2/c1-18-5-3-4-6-22(18)15-24-26(27(32)30-17-21-7-8-23(30)14-21)25(31)13-19(2)29(24)16-20-9-11-28-12-10-20/h3-6,9-13,21,23H,7-8,14-17H2,1-2H3/t21-,23+/m0/s1. The zero-order chi connectivity index (χ0) is 22.2. The van der Waals surface area contributed by atoms with E-state index >= 15 is 0 Å². The smallest absolute Gasteiger partial charge is 0.259 e. The molecular weight excluding hydrogens is 398 g/mol. The average Bonchev–Trinajstić information content (AvgIpc) is 3.42. The number of carbonyl (C=O) groups is 1. The molecule has 2 bridgehead atoms. The monoisotopic (exact) mass is 427 g/mol. The number of piperidine rings is 1. The predicted octanol–water partition coefficient (Wildman–Crippen LogP) is 4.12. The van der Waals surface area contributed by atoms with Crippen molar-refractivity contribution in [1.29, 1.82) is 0 Å². The molecule has 1 aromatic carbocycles. The van der Waals surface area contributed by atoms with Crippen molar-refractivity contribution in [1.82, 2.24) is 14.5 Å². The maximum absolute atomic E-state index is 13.8. The molecule has 2 aromatic heterocycles. The van der Waals surface area contributed by atoms with Crippen LogP contribution in [0.1, 0.15) is 57.7 Å². The Bertz CT molecular complexity index is 1220. The summed E-state index contributed by atoms with van der Waals surface area (Å²) < 4.78 is 2.14. The Morgan fingerprint density at radius 3 is 2.56 bits per heavy atom. The molecule has 0 radical (unpaired) electrons. The highest BCUT2D eigenvalue weighted by Gasteiger charge is 2.41. The molecular formula is C27H29N3O2. The topological polar surface area (TPSA) is 55.2 Å². The van der Waals surface area contributed by atoms with E-state index in [1.165, 1.54) is 6.42 Å². The molecule has 2 aliphatic rings. The summed E-state index contributed by atoms with van der Waals surface area (Å²) in [5, 5.41) is 0. The maximum atomic E-state index is 13.8. The van der Waals surface area contributed by atoms with Gasteiger partial charge in [-0.05, 0) is 67.9 Å². The molecule has 1 aliphatic heterocycles. The fraction of sp³-hybridized carbons (Fsp3) is 0.370. The van der Waals surface area contributed by atoms with E-state index in [0.29, 0.717) is 24.4 Å². The summed E-state index contributed by atoms with van der Waals surface area (Å²) in [7, 11) is 0. The number of aryl methyl sites for hydroxylation is 2. The van der Waals surface area contributed by atoms with Crippen molar-refractivity contribution in [2.24, 2.45) is 5.92 Å². The van der Waals surface area contributed by atoms with Crippen molar-refractivity contribution in [3.63, 3.8) is 0 Å². The summed E-state index contributed by atoms with van der Waals surface area (Å²) in [6.45, 7) is 5.42. The highest BCUT2D eigenvalue weighted by molar-refractivity contribution is 5.96. The zero-order valence-electron chi connectivity index (χ0n) is 18.8. The van der Waals surface area contributed by atoms with E-state index < -0.39 is 0 Å². The molecule has 5 rings (SSSR count). The Labute approximate surface area is 188 Å². The van der Waals surface area contributed by atoms with Crippen molar-refractivity contribution < 1.29 is 4.79 Å². The van der Waals surface area contributed by atoms with Crippen LogP contribution in [0.3, 0.4) is 0 Å². The summed E-state index contributed by atoms with van der Waals surface area (Å²) in [6, 6.07) is 14.1. The molecule has 0 N–H and O–H groups in total. The average molecular weight is 428 g/mol. The lowest BCUT2D eigenvalue weighted by Gasteiger charge is -2.29. The van der Waals surface area contributed by atoms with Crippen LogP contribution in [0.5, 0.6) is 0 Å². The number of aromatic nitrogens is 2. The quantitative estimate of drug-likeness (QED) is 0.615. The van der Waals surface area contributed by atoms with Gasteiger partial charge in [-0.2, -0.15) is 0 Å². The van der Waals surface area contributed by atoms with Gasteiger partial charge in [-0.25, -0.2) is 0 Å². The minimum Gasteiger partial charge on any atom is -0.343 e. The number of likely N-dealkylation sites (tertiary alicyclic amines) is 1. The predicted molar refractivity (Wildman–Crippen MR) is 125 cm³/mol. The second kappa shape index (κ2) is 8.38. The van der Waals surface area contributed by atoms with Crippen LogP contribution in [0, 0.1) is 19.8 Å². The molecule has 1 saturated carbocycles. The molecule has 5 nitrogen and oxygen atoms in total. The molecule has 1 saturated heterocycles. The van der Waals surface area contributed by atoms with Crippen LogP contribution < -0.4 is 5.43 Å². The second-order valence-corrected chi connectivity index (χ2v) is 9.31. The van der Waals surface area contributed by atoms with E-state index in [4.69, 9.17) is 0 Å². The van der Waals surface area contributed by atoms with Crippen LogP contribution in [-0.2, 0) is 13.0 Å². The number of fused-ring (bicyclic) bond motifs is 2. The first-order valence-electron chi connectivity index (χ1n) is 11.5. The number of hydrogen-bond donors (Lipinski definition) is 0. The van der Waals surface area contributed by atoms with E-state index in [2.05, 4.69) is 28.6 Å². The number of carbonyl (C=O) groups excluding carboxylic acids is 1. The van der Waals surface area contributed by atoms with Gasteiger partial charge in [0.2, 0.25) is 0 Å². The van der Waals surface area contributed by atoms with E-state index in [1.54, 1.807) is 18.5 Å². The Morgan fingerprint density at radius 1 is 1.09 bits per heavy atom. The Morgan fingerprint density at radius 2 is 1.88 bits per heavy atom. The molecule has 1 aliphatic carbocycles. The largest absolute Gasteiger partial charge is 0.343 e. The van der Waals surface area contributed by atoms with Crippen LogP contribution in [-0.4, -0.2) is 32.9 Å². The van der Waals surface area contributed by atoms with Gasteiger partial charge in [0.25, 0.3) is 5.91 Å². The van der Waals surface area contributed by atoms with Gasteiger partial charge in [0.1, 0.15) is 5.56 Å². The lowest BCUT2D eigenvalue weighted by atomic mass is 9.98. The number of nitrogens with zero attached hydrogens (tertiary/aromatic N) is 3. The highest BCUT2D eigenvalue weighted by Crippen LogP contribution is 2.38. The van der Waals surface area contributed by atoms with E-state index in [9.17, 15) is 9.59 Å². The Kier molecular flexibility index (Phi) is 5.41. The van der Waals surface area contributed by atoms with Crippen molar-refractivity contribution in [2.75, 3.05) is 6.54 Å². The molecule has 3 aromatic rings. The third-order valence-corrected chi connectivity index (χ3v) is 7.22. The Balaban J connectivity index is 1.64. The zero-order valence-corrected chi connectivity index (χ0v) is 18.8. The number of amides is 1. The first-order chi connectivity index (χ1) is 15.5. The summed E-state index contributed by atoms with van der Waals surface area (Å²) in [5.74, 6) is 0.502. The maximum Gasteiger partial charge on any atom is 0.259 e. The van der Waals surface area contributed by atoms with Crippen LogP contribution in [0.4, 0.5) is 0 Å². The number of hydrogen-bond acceptors (Lipinski definition) is 3. The molecule has 1 amide bonds. The highest BCUT2D eigenvalue weighted by atomic mass is 16.2. The van der Waals surface area contributed by atoms with Crippen LogP contribution in [0.25, 0.3) is 0 Å². The second-order valence-electron chi connectivity index (χ2n) is 9.31. The normalized spacial score (nSPS) is 19.5. The molecule has 164 valence electrons. The van der Waals surface area contributed by atoms with Crippen molar-refractivity contribution in [3.8, 4) is 0 Å². The van der Waals surface area contributed by atoms with Crippen LogP contribution >= 0.6 is 0 Å². The lowest BCUT2D eigenvalue weighted by molar-refractivity contribution is 0.0700. The van der Waals surface area contributed by atoms with Crippen molar-refractivity contribution in [3.05, 3.63) is 98.7 Å². The molecule has 2 atom stereocenters. The third-order valence-electron chi connectivity index (χ3n) is 7.22.